The van der Waals surface area contributed by atoms with Crippen LogP contribution in [-0.2, 0) is 6.42 Å². The molecular formula is C11H17NO. The van der Waals surface area contributed by atoms with Gasteiger partial charge in [-0.2, -0.15) is 0 Å². The van der Waals surface area contributed by atoms with Gasteiger partial charge in [-0.1, -0.05) is 13.8 Å². The van der Waals surface area contributed by atoms with Crippen LogP contribution in [-0.4, -0.2) is 0 Å². The zero-order chi connectivity index (χ0) is 9.47. The highest BCUT2D eigenvalue weighted by atomic mass is 16.3. The minimum atomic E-state index is 0.128. The first kappa shape index (κ1) is 8.82. The van der Waals surface area contributed by atoms with E-state index in [1.165, 1.54) is 18.4 Å². The van der Waals surface area contributed by atoms with Crippen molar-refractivity contribution < 1.29 is 4.42 Å². The summed E-state index contributed by atoms with van der Waals surface area (Å²) in [6, 6.07) is 2.15. The van der Waals surface area contributed by atoms with Gasteiger partial charge < -0.3 is 10.2 Å². The third-order valence-corrected chi connectivity index (χ3v) is 3.18. The number of furan rings is 1. The second-order valence-electron chi connectivity index (χ2n) is 4.62. The van der Waals surface area contributed by atoms with Crippen LogP contribution in [0.25, 0.3) is 0 Å². The van der Waals surface area contributed by atoms with Crippen molar-refractivity contribution in [2.24, 2.45) is 11.1 Å². The largest absolute Gasteiger partial charge is 0.469 e. The van der Waals surface area contributed by atoms with E-state index >= 15 is 0 Å². The van der Waals surface area contributed by atoms with Crippen LogP contribution in [0, 0.1) is 5.41 Å². The molecule has 0 aliphatic heterocycles. The van der Waals surface area contributed by atoms with E-state index in [4.69, 9.17) is 10.2 Å². The Bertz CT molecular complexity index is 301. The molecule has 2 heteroatoms. The summed E-state index contributed by atoms with van der Waals surface area (Å²) in [6.07, 6.45) is 5.16. The maximum absolute atomic E-state index is 6.21. The van der Waals surface area contributed by atoms with Crippen molar-refractivity contribution in [2.75, 3.05) is 0 Å². The van der Waals surface area contributed by atoms with Crippen LogP contribution in [0.4, 0.5) is 0 Å². The fourth-order valence-corrected chi connectivity index (χ4v) is 2.11. The summed E-state index contributed by atoms with van der Waals surface area (Å²) in [5, 5.41) is 0. The van der Waals surface area contributed by atoms with Crippen LogP contribution in [0.1, 0.15) is 44.1 Å². The molecule has 72 valence electrons. The normalized spacial score (nSPS) is 26.5. The predicted octanol–water partition coefficient (Wildman–Crippen LogP) is 2.64. The Balaban J connectivity index is 2.40. The van der Waals surface area contributed by atoms with Gasteiger partial charge in [0.2, 0.25) is 0 Å². The van der Waals surface area contributed by atoms with Crippen molar-refractivity contribution in [3.05, 3.63) is 23.7 Å². The Morgan fingerprint density at radius 2 is 2.31 bits per heavy atom. The van der Waals surface area contributed by atoms with Gasteiger partial charge in [-0.25, -0.2) is 0 Å². The van der Waals surface area contributed by atoms with Crippen molar-refractivity contribution in [1.82, 2.24) is 0 Å². The van der Waals surface area contributed by atoms with Crippen molar-refractivity contribution >= 4 is 0 Å². The fraction of sp³-hybridized carbons (Fsp3) is 0.636. The van der Waals surface area contributed by atoms with E-state index in [0.29, 0.717) is 0 Å². The first-order valence-corrected chi connectivity index (χ1v) is 4.93. The summed E-state index contributed by atoms with van der Waals surface area (Å²) in [6.45, 7) is 4.47. The standard InChI is InChI=1S/C11H17NO/c1-11(2)6-3-4-9-8(10(11)12)5-7-13-9/h5,7,10H,3-4,6,12H2,1-2H3. The van der Waals surface area contributed by atoms with E-state index in [2.05, 4.69) is 13.8 Å². The lowest BCUT2D eigenvalue weighted by Crippen LogP contribution is -2.28. The van der Waals surface area contributed by atoms with Crippen LogP contribution < -0.4 is 5.73 Å². The molecule has 0 amide bonds. The van der Waals surface area contributed by atoms with Crippen LogP contribution in [0.2, 0.25) is 0 Å². The van der Waals surface area contributed by atoms with Crippen molar-refractivity contribution in [2.45, 2.75) is 39.2 Å². The number of hydrogen-bond donors (Lipinski definition) is 1. The summed E-state index contributed by atoms with van der Waals surface area (Å²) in [4.78, 5) is 0. The molecule has 13 heavy (non-hydrogen) atoms. The third kappa shape index (κ3) is 1.39. The Morgan fingerprint density at radius 1 is 1.54 bits per heavy atom. The van der Waals surface area contributed by atoms with Gasteiger partial charge >= 0.3 is 0 Å². The average Bonchev–Trinajstić information content (AvgIpc) is 2.47. The summed E-state index contributed by atoms with van der Waals surface area (Å²) in [5.74, 6) is 1.10. The quantitative estimate of drug-likeness (QED) is 0.622. The second kappa shape index (κ2) is 2.88. The average molecular weight is 179 g/mol. The zero-order valence-electron chi connectivity index (χ0n) is 8.34. The zero-order valence-corrected chi connectivity index (χ0v) is 8.34. The molecule has 1 heterocycles. The van der Waals surface area contributed by atoms with Crippen LogP contribution in [0.15, 0.2) is 16.7 Å². The SMILES string of the molecule is CC1(C)CCCc2occc2C1N. The van der Waals surface area contributed by atoms with Crippen molar-refractivity contribution in [1.29, 1.82) is 0 Å². The highest BCUT2D eigenvalue weighted by molar-refractivity contribution is 5.24. The lowest BCUT2D eigenvalue weighted by atomic mass is 9.79. The molecule has 0 aromatic carbocycles. The first-order valence-electron chi connectivity index (χ1n) is 4.93. The number of nitrogens with two attached hydrogens (primary N) is 1. The molecule has 1 aromatic heterocycles. The Labute approximate surface area is 79.1 Å². The van der Waals surface area contributed by atoms with E-state index in [1.54, 1.807) is 6.26 Å². The molecule has 0 radical (unpaired) electrons. The van der Waals surface area contributed by atoms with Gasteiger partial charge in [-0.15, -0.1) is 0 Å². The molecule has 2 rings (SSSR count). The van der Waals surface area contributed by atoms with Gasteiger partial charge in [0, 0.05) is 18.0 Å². The van der Waals surface area contributed by atoms with Gasteiger partial charge in [-0.3, -0.25) is 0 Å². The van der Waals surface area contributed by atoms with Gasteiger partial charge in [0.05, 0.1) is 6.26 Å². The van der Waals surface area contributed by atoms with Gasteiger partial charge in [0.25, 0.3) is 0 Å². The summed E-state index contributed by atoms with van der Waals surface area (Å²) in [5.41, 5.74) is 7.62. The maximum atomic E-state index is 6.21. The van der Waals surface area contributed by atoms with E-state index in [0.717, 1.165) is 12.2 Å². The number of hydrogen-bond acceptors (Lipinski definition) is 2. The molecule has 1 aliphatic carbocycles. The summed E-state index contributed by atoms with van der Waals surface area (Å²) < 4.78 is 5.42. The Hall–Kier alpha value is -0.760. The molecule has 0 saturated heterocycles. The van der Waals surface area contributed by atoms with Crippen LogP contribution in [0.3, 0.4) is 0 Å². The smallest absolute Gasteiger partial charge is 0.108 e. The van der Waals surface area contributed by atoms with Crippen LogP contribution in [0.5, 0.6) is 0 Å². The minimum absolute atomic E-state index is 0.128. The molecular weight excluding hydrogens is 162 g/mol. The highest BCUT2D eigenvalue weighted by Crippen LogP contribution is 2.40. The molecule has 1 atom stereocenters. The van der Waals surface area contributed by atoms with E-state index in [9.17, 15) is 0 Å². The van der Waals surface area contributed by atoms with E-state index in [-0.39, 0.29) is 11.5 Å². The van der Waals surface area contributed by atoms with Gasteiger partial charge in [0.1, 0.15) is 5.76 Å². The molecule has 0 saturated carbocycles. The van der Waals surface area contributed by atoms with Crippen molar-refractivity contribution in [3.63, 3.8) is 0 Å². The van der Waals surface area contributed by atoms with Crippen LogP contribution >= 0.6 is 0 Å². The van der Waals surface area contributed by atoms with E-state index in [1.807, 2.05) is 6.07 Å². The number of fused-ring (bicyclic) bond motifs is 1. The molecule has 1 aliphatic rings. The lowest BCUT2D eigenvalue weighted by molar-refractivity contribution is 0.268. The van der Waals surface area contributed by atoms with Crippen molar-refractivity contribution in [3.8, 4) is 0 Å². The van der Waals surface area contributed by atoms with Gasteiger partial charge in [0.15, 0.2) is 0 Å². The molecule has 1 unspecified atom stereocenters. The summed E-state index contributed by atoms with van der Waals surface area (Å²) in [7, 11) is 0. The minimum Gasteiger partial charge on any atom is -0.469 e. The summed E-state index contributed by atoms with van der Waals surface area (Å²) >= 11 is 0. The molecule has 2 nitrogen and oxygen atoms in total. The molecule has 0 spiro atoms. The Kier molecular flexibility index (Phi) is 1.95. The maximum Gasteiger partial charge on any atom is 0.108 e. The number of aryl methyl sites for hydroxylation is 1. The van der Waals surface area contributed by atoms with E-state index < -0.39 is 0 Å². The predicted molar refractivity (Wildman–Crippen MR) is 52.4 cm³/mol. The fourth-order valence-electron chi connectivity index (χ4n) is 2.11. The Morgan fingerprint density at radius 3 is 3.08 bits per heavy atom. The lowest BCUT2D eigenvalue weighted by Gasteiger charge is -2.29. The molecule has 0 bridgehead atoms. The third-order valence-electron chi connectivity index (χ3n) is 3.18. The first-order chi connectivity index (χ1) is 6.11. The number of rotatable bonds is 0. The topological polar surface area (TPSA) is 39.2 Å². The molecule has 0 fully saturated rings. The molecule has 1 aromatic rings. The monoisotopic (exact) mass is 179 g/mol. The van der Waals surface area contributed by atoms with Gasteiger partial charge in [-0.05, 0) is 24.3 Å². The molecule has 2 N–H and O–H groups in total. The highest BCUT2D eigenvalue weighted by Gasteiger charge is 2.32. The second-order valence-corrected chi connectivity index (χ2v) is 4.62.